The minimum Gasteiger partial charge on any atom is -0.497 e. The van der Waals surface area contributed by atoms with E-state index in [-0.39, 0.29) is 17.7 Å². The average molecular weight is 382 g/mol. The molecule has 1 amide bonds. The van der Waals surface area contributed by atoms with Gasteiger partial charge in [-0.1, -0.05) is 42.1 Å². The number of nitrogens with zero attached hydrogens (tertiary/aromatic N) is 3. The van der Waals surface area contributed by atoms with Crippen LogP contribution in [0.1, 0.15) is 18.5 Å². The van der Waals surface area contributed by atoms with Gasteiger partial charge in [0.1, 0.15) is 5.75 Å². The van der Waals surface area contributed by atoms with Crippen LogP contribution < -0.4 is 10.1 Å². The van der Waals surface area contributed by atoms with E-state index in [1.165, 1.54) is 11.8 Å². The second-order valence-electron chi connectivity index (χ2n) is 6.08. The zero-order valence-electron chi connectivity index (χ0n) is 15.5. The lowest BCUT2D eigenvalue weighted by atomic mass is 10.1. The van der Waals surface area contributed by atoms with E-state index in [2.05, 4.69) is 15.5 Å². The second kappa shape index (κ2) is 8.73. The van der Waals surface area contributed by atoms with Gasteiger partial charge in [-0.3, -0.25) is 4.79 Å². The quantitative estimate of drug-likeness (QED) is 0.634. The van der Waals surface area contributed by atoms with Gasteiger partial charge in [-0.25, -0.2) is 0 Å². The molecule has 3 rings (SSSR count). The van der Waals surface area contributed by atoms with Crippen molar-refractivity contribution in [1.29, 1.82) is 0 Å². The molecule has 7 heteroatoms. The molecule has 0 spiro atoms. The fourth-order valence-electron chi connectivity index (χ4n) is 2.67. The first-order chi connectivity index (χ1) is 13.1. The van der Waals surface area contributed by atoms with E-state index < -0.39 is 0 Å². The van der Waals surface area contributed by atoms with Crippen LogP contribution in [-0.4, -0.2) is 33.5 Å². The minimum absolute atomic E-state index is 0.0337. The molecule has 0 fully saturated rings. The Balaban J connectivity index is 1.59. The number of aromatic nitrogens is 3. The first-order valence-electron chi connectivity index (χ1n) is 8.59. The smallest absolute Gasteiger partial charge is 0.230 e. The topological polar surface area (TPSA) is 69.0 Å². The van der Waals surface area contributed by atoms with Crippen molar-refractivity contribution in [2.24, 2.45) is 7.05 Å². The molecule has 0 aliphatic rings. The molecule has 0 saturated carbocycles. The van der Waals surface area contributed by atoms with E-state index >= 15 is 0 Å². The number of methoxy groups -OCH3 is 1. The molecule has 6 nitrogen and oxygen atoms in total. The Morgan fingerprint density at radius 3 is 2.52 bits per heavy atom. The van der Waals surface area contributed by atoms with Gasteiger partial charge in [-0.2, -0.15) is 0 Å². The molecule has 1 heterocycles. The maximum atomic E-state index is 12.3. The van der Waals surface area contributed by atoms with Gasteiger partial charge in [0.2, 0.25) is 5.91 Å². The maximum absolute atomic E-state index is 12.3. The Labute approximate surface area is 163 Å². The van der Waals surface area contributed by atoms with Crippen molar-refractivity contribution in [2.45, 2.75) is 18.1 Å². The third kappa shape index (κ3) is 4.68. The number of benzene rings is 2. The van der Waals surface area contributed by atoms with Gasteiger partial charge < -0.3 is 14.6 Å². The molecule has 2 aromatic carbocycles. The Kier molecular flexibility index (Phi) is 6.13. The van der Waals surface area contributed by atoms with Crippen LogP contribution in [0.3, 0.4) is 0 Å². The van der Waals surface area contributed by atoms with Crippen molar-refractivity contribution >= 4 is 17.7 Å². The Morgan fingerprint density at radius 2 is 1.85 bits per heavy atom. The summed E-state index contributed by atoms with van der Waals surface area (Å²) in [5.41, 5.74) is 2.02. The molecule has 140 valence electrons. The molecular weight excluding hydrogens is 360 g/mol. The predicted octanol–water partition coefficient (Wildman–Crippen LogP) is 3.46. The van der Waals surface area contributed by atoms with Crippen LogP contribution in [0, 0.1) is 0 Å². The third-order valence-corrected chi connectivity index (χ3v) is 5.21. The van der Waals surface area contributed by atoms with Crippen molar-refractivity contribution in [1.82, 2.24) is 20.1 Å². The maximum Gasteiger partial charge on any atom is 0.230 e. The van der Waals surface area contributed by atoms with Gasteiger partial charge in [0.05, 0.1) is 18.9 Å². The van der Waals surface area contributed by atoms with Crippen LogP contribution in [-0.2, 0) is 11.8 Å². The van der Waals surface area contributed by atoms with Crippen molar-refractivity contribution in [3.63, 3.8) is 0 Å². The summed E-state index contributed by atoms with van der Waals surface area (Å²) in [5, 5.41) is 12.2. The molecule has 1 atom stereocenters. The lowest BCUT2D eigenvalue weighted by Crippen LogP contribution is -2.28. The first kappa shape index (κ1) is 19.0. The lowest BCUT2D eigenvalue weighted by molar-refractivity contribution is -0.119. The molecule has 0 bridgehead atoms. The summed E-state index contributed by atoms with van der Waals surface area (Å²) in [4.78, 5) is 12.3. The highest BCUT2D eigenvalue weighted by Crippen LogP contribution is 2.24. The Hall–Kier alpha value is -2.80. The number of hydrogen-bond donors (Lipinski definition) is 1. The Morgan fingerprint density at radius 1 is 1.15 bits per heavy atom. The standard InChI is InChI=1S/C20H22N4O2S/c1-14(15-7-5-4-6-8-15)21-18(25)13-27-20-23-22-19(24(20)2)16-9-11-17(26-3)12-10-16/h4-12,14H,13H2,1-3H3,(H,21,25)/t14-/m1/s1. The summed E-state index contributed by atoms with van der Waals surface area (Å²) in [6.07, 6.45) is 0. The number of carbonyl (C=O) groups is 1. The number of carbonyl (C=O) groups excluding carboxylic acids is 1. The van der Waals surface area contributed by atoms with Gasteiger partial charge in [0.15, 0.2) is 11.0 Å². The van der Waals surface area contributed by atoms with Crippen LogP contribution in [0.2, 0.25) is 0 Å². The van der Waals surface area contributed by atoms with Crippen LogP contribution >= 0.6 is 11.8 Å². The highest BCUT2D eigenvalue weighted by Gasteiger charge is 2.14. The number of rotatable bonds is 7. The SMILES string of the molecule is COc1ccc(-c2nnc(SCC(=O)N[C@H](C)c3ccccc3)n2C)cc1. The van der Waals surface area contributed by atoms with Gasteiger partial charge >= 0.3 is 0 Å². The van der Waals surface area contributed by atoms with E-state index in [0.717, 1.165) is 22.7 Å². The number of amides is 1. The molecule has 0 saturated heterocycles. The molecule has 1 N–H and O–H groups in total. The summed E-state index contributed by atoms with van der Waals surface area (Å²) >= 11 is 1.37. The zero-order valence-corrected chi connectivity index (χ0v) is 16.4. The number of hydrogen-bond acceptors (Lipinski definition) is 5. The monoisotopic (exact) mass is 382 g/mol. The summed E-state index contributed by atoms with van der Waals surface area (Å²) in [6, 6.07) is 17.5. The molecule has 0 aliphatic carbocycles. The molecule has 3 aromatic rings. The van der Waals surface area contributed by atoms with E-state index in [4.69, 9.17) is 4.74 Å². The molecule has 0 aliphatic heterocycles. The van der Waals surface area contributed by atoms with Crippen molar-refractivity contribution in [3.05, 3.63) is 60.2 Å². The molecule has 1 aromatic heterocycles. The van der Waals surface area contributed by atoms with Crippen LogP contribution in [0.4, 0.5) is 0 Å². The first-order valence-corrected chi connectivity index (χ1v) is 9.58. The molecule has 0 unspecified atom stereocenters. The van der Waals surface area contributed by atoms with Gasteiger partial charge in [-0.05, 0) is 36.8 Å². The lowest BCUT2D eigenvalue weighted by Gasteiger charge is -2.14. The van der Waals surface area contributed by atoms with Crippen LogP contribution in [0.25, 0.3) is 11.4 Å². The van der Waals surface area contributed by atoms with Crippen molar-refractivity contribution < 1.29 is 9.53 Å². The normalized spacial score (nSPS) is 11.8. The number of nitrogens with one attached hydrogen (secondary N) is 1. The average Bonchev–Trinajstić information content (AvgIpc) is 3.07. The third-order valence-electron chi connectivity index (χ3n) is 4.19. The van der Waals surface area contributed by atoms with Crippen molar-refractivity contribution in [2.75, 3.05) is 12.9 Å². The highest BCUT2D eigenvalue weighted by molar-refractivity contribution is 7.99. The number of ether oxygens (including phenoxy) is 1. The summed E-state index contributed by atoms with van der Waals surface area (Å²) in [5.74, 6) is 1.79. The van der Waals surface area contributed by atoms with E-state index in [0.29, 0.717) is 5.16 Å². The summed E-state index contributed by atoms with van der Waals surface area (Å²) in [7, 11) is 3.53. The molecular formula is C20H22N4O2S. The van der Waals surface area contributed by atoms with E-state index in [1.54, 1.807) is 7.11 Å². The van der Waals surface area contributed by atoms with Gasteiger partial charge in [0, 0.05) is 12.6 Å². The predicted molar refractivity (Wildman–Crippen MR) is 107 cm³/mol. The molecule has 27 heavy (non-hydrogen) atoms. The number of thioether (sulfide) groups is 1. The van der Waals surface area contributed by atoms with Crippen LogP contribution in [0.15, 0.2) is 59.8 Å². The van der Waals surface area contributed by atoms with Crippen LogP contribution in [0.5, 0.6) is 5.75 Å². The Bertz CT molecular complexity index is 894. The van der Waals surface area contributed by atoms with E-state index in [9.17, 15) is 4.79 Å². The van der Waals surface area contributed by atoms with E-state index in [1.807, 2.05) is 73.1 Å². The largest absolute Gasteiger partial charge is 0.497 e. The van der Waals surface area contributed by atoms with Gasteiger partial charge in [0.25, 0.3) is 0 Å². The zero-order chi connectivity index (χ0) is 19.2. The molecule has 0 radical (unpaired) electrons. The fraction of sp³-hybridized carbons (Fsp3) is 0.250. The highest BCUT2D eigenvalue weighted by atomic mass is 32.2. The summed E-state index contributed by atoms with van der Waals surface area (Å²) in [6.45, 7) is 1.97. The fourth-order valence-corrected chi connectivity index (χ4v) is 3.39. The van der Waals surface area contributed by atoms with Gasteiger partial charge in [-0.15, -0.1) is 10.2 Å². The minimum atomic E-state index is -0.0367. The van der Waals surface area contributed by atoms with Crippen molar-refractivity contribution in [3.8, 4) is 17.1 Å². The second-order valence-corrected chi connectivity index (χ2v) is 7.02. The summed E-state index contributed by atoms with van der Waals surface area (Å²) < 4.78 is 7.07.